The molecule has 0 atom stereocenters. The first kappa shape index (κ1) is 14.0. The average molecular weight is 266 g/mol. The highest BCUT2D eigenvalue weighted by Gasteiger charge is 2.13. The van der Waals surface area contributed by atoms with Crippen molar-refractivity contribution in [3.05, 3.63) is 21.4 Å². The summed E-state index contributed by atoms with van der Waals surface area (Å²) in [6.07, 6.45) is 5.40. The average Bonchev–Trinajstić information content (AvgIpc) is 2.72. The third-order valence-electron chi connectivity index (χ3n) is 3.64. The van der Waals surface area contributed by atoms with Gasteiger partial charge in [-0.2, -0.15) is 0 Å². The van der Waals surface area contributed by atoms with Crippen LogP contribution in [0.25, 0.3) is 0 Å². The van der Waals surface area contributed by atoms with E-state index in [0.29, 0.717) is 0 Å². The molecule has 0 saturated carbocycles. The molecule has 1 aliphatic rings. The van der Waals surface area contributed by atoms with E-state index >= 15 is 0 Å². The van der Waals surface area contributed by atoms with E-state index in [1.165, 1.54) is 48.5 Å². The first-order chi connectivity index (χ1) is 8.79. The van der Waals surface area contributed by atoms with Gasteiger partial charge in [-0.3, -0.25) is 4.90 Å². The molecule has 2 nitrogen and oxygen atoms in total. The summed E-state index contributed by atoms with van der Waals surface area (Å²) in [4.78, 5) is 5.61. The Morgan fingerprint density at radius 3 is 2.78 bits per heavy atom. The Morgan fingerprint density at radius 1 is 1.28 bits per heavy atom. The normalized spacial score (nSPS) is 17.2. The van der Waals surface area contributed by atoms with Gasteiger partial charge in [-0.1, -0.05) is 13.3 Å². The molecule has 1 saturated heterocycles. The highest BCUT2D eigenvalue weighted by atomic mass is 32.1. The molecule has 2 rings (SSSR count). The predicted molar refractivity (Wildman–Crippen MR) is 80.2 cm³/mol. The Balaban J connectivity index is 1.87. The molecule has 1 fully saturated rings. The van der Waals surface area contributed by atoms with E-state index in [0.717, 1.165) is 19.6 Å². The minimum atomic E-state index is 1.04. The largest absolute Gasteiger partial charge is 0.312 e. The second kappa shape index (κ2) is 7.27. The molecule has 1 aromatic heterocycles. The van der Waals surface area contributed by atoms with Gasteiger partial charge in [-0.25, -0.2) is 0 Å². The minimum absolute atomic E-state index is 1.04. The van der Waals surface area contributed by atoms with Crippen molar-refractivity contribution in [2.75, 3.05) is 19.6 Å². The van der Waals surface area contributed by atoms with Crippen LogP contribution in [0, 0.1) is 6.92 Å². The quantitative estimate of drug-likeness (QED) is 0.792. The van der Waals surface area contributed by atoms with Gasteiger partial charge in [0.25, 0.3) is 0 Å². The lowest BCUT2D eigenvalue weighted by Crippen LogP contribution is -2.29. The maximum atomic E-state index is 3.49. The zero-order valence-electron chi connectivity index (χ0n) is 11.8. The van der Waals surface area contributed by atoms with E-state index in [2.05, 4.69) is 30.1 Å². The van der Waals surface area contributed by atoms with Crippen molar-refractivity contribution in [3.8, 4) is 0 Å². The number of rotatable bonds is 6. The molecule has 0 spiro atoms. The maximum absolute atomic E-state index is 3.49. The summed E-state index contributed by atoms with van der Waals surface area (Å²) in [5, 5.41) is 3.49. The van der Waals surface area contributed by atoms with Gasteiger partial charge < -0.3 is 5.32 Å². The number of aryl methyl sites for hydroxylation is 1. The summed E-state index contributed by atoms with van der Waals surface area (Å²) >= 11 is 1.96. The van der Waals surface area contributed by atoms with Crippen molar-refractivity contribution in [1.29, 1.82) is 0 Å². The summed E-state index contributed by atoms with van der Waals surface area (Å²) in [5.41, 5.74) is 1.55. The number of thiophene rings is 1. The summed E-state index contributed by atoms with van der Waals surface area (Å²) in [6, 6.07) is 2.41. The van der Waals surface area contributed by atoms with Crippen molar-refractivity contribution in [2.45, 2.75) is 52.6 Å². The molecular formula is C15H26N2S. The number of nitrogens with zero attached hydrogens (tertiary/aromatic N) is 1. The predicted octanol–water partition coefficient (Wildman–Crippen LogP) is 3.54. The van der Waals surface area contributed by atoms with Crippen LogP contribution in [-0.4, -0.2) is 24.5 Å². The van der Waals surface area contributed by atoms with Crippen LogP contribution >= 0.6 is 11.3 Å². The standard InChI is InChI=1S/C15H26N2S/c1-3-7-16-11-15-10-14(13(2)18-15)12-17-8-5-4-6-9-17/h10,16H,3-9,11-12H2,1-2H3. The zero-order chi connectivity index (χ0) is 12.8. The van der Waals surface area contributed by atoms with Crippen LogP contribution in [0.3, 0.4) is 0 Å². The minimum Gasteiger partial charge on any atom is -0.312 e. The highest BCUT2D eigenvalue weighted by molar-refractivity contribution is 7.12. The van der Waals surface area contributed by atoms with Crippen molar-refractivity contribution in [3.63, 3.8) is 0 Å². The molecule has 0 amide bonds. The van der Waals surface area contributed by atoms with Crippen molar-refractivity contribution in [2.24, 2.45) is 0 Å². The third-order valence-corrected chi connectivity index (χ3v) is 4.73. The summed E-state index contributed by atoms with van der Waals surface area (Å²) in [6.45, 7) is 10.4. The monoisotopic (exact) mass is 266 g/mol. The van der Waals surface area contributed by atoms with Crippen LogP contribution in [-0.2, 0) is 13.1 Å². The van der Waals surface area contributed by atoms with Gasteiger partial charge >= 0.3 is 0 Å². The molecule has 3 heteroatoms. The maximum Gasteiger partial charge on any atom is 0.0299 e. The van der Waals surface area contributed by atoms with E-state index < -0.39 is 0 Å². The van der Waals surface area contributed by atoms with Crippen LogP contribution in [0.1, 0.15) is 47.9 Å². The van der Waals surface area contributed by atoms with Crippen molar-refractivity contribution < 1.29 is 0 Å². The molecule has 1 aromatic rings. The summed E-state index contributed by atoms with van der Waals surface area (Å²) in [7, 11) is 0. The molecule has 0 aliphatic carbocycles. The molecule has 18 heavy (non-hydrogen) atoms. The van der Waals surface area contributed by atoms with E-state index in [1.807, 2.05) is 11.3 Å². The number of hydrogen-bond donors (Lipinski definition) is 1. The topological polar surface area (TPSA) is 15.3 Å². The first-order valence-corrected chi connectivity index (χ1v) is 8.12. The lowest BCUT2D eigenvalue weighted by atomic mass is 10.1. The fraction of sp³-hybridized carbons (Fsp3) is 0.733. The number of likely N-dealkylation sites (tertiary alicyclic amines) is 1. The zero-order valence-corrected chi connectivity index (χ0v) is 12.6. The second-order valence-corrected chi connectivity index (χ2v) is 6.65. The molecule has 1 N–H and O–H groups in total. The van der Waals surface area contributed by atoms with E-state index in [9.17, 15) is 0 Å². The van der Waals surface area contributed by atoms with Gasteiger partial charge in [-0.05, 0) is 57.5 Å². The summed E-state index contributed by atoms with van der Waals surface area (Å²) < 4.78 is 0. The molecule has 0 aromatic carbocycles. The lowest BCUT2D eigenvalue weighted by Gasteiger charge is -2.26. The van der Waals surface area contributed by atoms with Crippen LogP contribution < -0.4 is 5.32 Å². The van der Waals surface area contributed by atoms with Gasteiger partial charge in [0.1, 0.15) is 0 Å². The van der Waals surface area contributed by atoms with Crippen molar-refractivity contribution in [1.82, 2.24) is 10.2 Å². The number of piperidine rings is 1. The van der Waals surface area contributed by atoms with Gasteiger partial charge in [0.05, 0.1) is 0 Å². The second-order valence-electron chi connectivity index (χ2n) is 5.31. The smallest absolute Gasteiger partial charge is 0.0299 e. The molecule has 102 valence electrons. The summed E-state index contributed by atoms with van der Waals surface area (Å²) in [5.74, 6) is 0. The van der Waals surface area contributed by atoms with Crippen LogP contribution in [0.2, 0.25) is 0 Å². The van der Waals surface area contributed by atoms with Crippen LogP contribution in [0.15, 0.2) is 6.07 Å². The van der Waals surface area contributed by atoms with Crippen LogP contribution in [0.5, 0.6) is 0 Å². The molecule has 2 heterocycles. The fourth-order valence-corrected chi connectivity index (χ4v) is 3.60. The van der Waals surface area contributed by atoms with E-state index in [-0.39, 0.29) is 0 Å². The molecule has 1 aliphatic heterocycles. The molecule has 0 unspecified atom stereocenters. The van der Waals surface area contributed by atoms with Gasteiger partial charge in [0, 0.05) is 22.8 Å². The third kappa shape index (κ3) is 4.08. The Morgan fingerprint density at radius 2 is 2.06 bits per heavy atom. The molecular weight excluding hydrogens is 240 g/mol. The van der Waals surface area contributed by atoms with Crippen LogP contribution in [0.4, 0.5) is 0 Å². The van der Waals surface area contributed by atoms with Gasteiger partial charge in [0.2, 0.25) is 0 Å². The fourth-order valence-electron chi connectivity index (χ4n) is 2.58. The number of hydrogen-bond acceptors (Lipinski definition) is 3. The SMILES string of the molecule is CCCNCc1cc(CN2CCCCC2)c(C)s1. The Labute approximate surface area is 115 Å². The molecule has 0 radical (unpaired) electrons. The van der Waals surface area contributed by atoms with Gasteiger partial charge in [0.15, 0.2) is 0 Å². The Hall–Kier alpha value is -0.380. The first-order valence-electron chi connectivity index (χ1n) is 7.31. The number of nitrogens with one attached hydrogen (secondary N) is 1. The van der Waals surface area contributed by atoms with Gasteiger partial charge in [-0.15, -0.1) is 11.3 Å². The van der Waals surface area contributed by atoms with Crippen molar-refractivity contribution >= 4 is 11.3 Å². The van der Waals surface area contributed by atoms with E-state index in [4.69, 9.17) is 0 Å². The Bertz CT molecular complexity index is 353. The molecule has 0 bridgehead atoms. The lowest BCUT2D eigenvalue weighted by molar-refractivity contribution is 0.221. The van der Waals surface area contributed by atoms with E-state index in [1.54, 1.807) is 5.56 Å². The Kier molecular flexibility index (Phi) is 5.67. The highest BCUT2D eigenvalue weighted by Crippen LogP contribution is 2.24.